The fourth-order valence-corrected chi connectivity index (χ4v) is 4.88. The fourth-order valence-electron chi connectivity index (χ4n) is 4.68. The van der Waals surface area contributed by atoms with Crippen molar-refractivity contribution in [2.75, 3.05) is 31.6 Å². The van der Waals surface area contributed by atoms with E-state index in [1.165, 1.54) is 6.92 Å². The van der Waals surface area contributed by atoms with Crippen LogP contribution in [0.4, 0.5) is 18.9 Å². The summed E-state index contributed by atoms with van der Waals surface area (Å²) in [6.07, 6.45) is -3.27. The highest BCUT2D eigenvalue weighted by Gasteiger charge is 2.44. The number of hydrogen-bond acceptors (Lipinski definition) is 6. The summed E-state index contributed by atoms with van der Waals surface area (Å²) in [5.74, 6) is -1.52. The number of amides is 1. The molecule has 0 unspecified atom stereocenters. The number of halogens is 4. The first-order valence-electron chi connectivity index (χ1n) is 12.0. The minimum Gasteiger partial charge on any atom is -0.487 e. The smallest absolute Gasteiger partial charge is 0.487 e. The van der Waals surface area contributed by atoms with Gasteiger partial charge < -0.3 is 19.5 Å². The number of benzene rings is 2. The first-order valence-corrected chi connectivity index (χ1v) is 12.4. The molecular weight excluding hydrogens is 513 g/mol. The summed E-state index contributed by atoms with van der Waals surface area (Å²) in [7, 11) is 0. The number of likely N-dealkylation sites (tertiary alicyclic amines) is 1. The lowest BCUT2D eigenvalue weighted by atomic mass is 9.83. The number of carbonyl (C=O) groups is 2. The number of ether oxygens (including phenoxy) is 3. The molecule has 0 bridgehead atoms. The summed E-state index contributed by atoms with van der Waals surface area (Å²) in [4.78, 5) is 25.0. The van der Waals surface area contributed by atoms with Crippen molar-refractivity contribution < 1.29 is 37.0 Å². The van der Waals surface area contributed by atoms with Crippen LogP contribution in [0.15, 0.2) is 42.5 Å². The highest BCUT2D eigenvalue weighted by molar-refractivity contribution is 6.30. The number of carbonyl (C=O) groups excluding carboxylic acids is 2. The Kier molecular flexibility index (Phi) is 8.18. The van der Waals surface area contributed by atoms with Crippen LogP contribution in [0.3, 0.4) is 0 Å². The van der Waals surface area contributed by atoms with Crippen molar-refractivity contribution in [1.82, 2.24) is 4.90 Å². The highest BCUT2D eigenvalue weighted by Crippen LogP contribution is 2.40. The third-order valence-electron chi connectivity index (χ3n) is 6.56. The van der Waals surface area contributed by atoms with E-state index in [1.54, 1.807) is 30.3 Å². The van der Waals surface area contributed by atoms with E-state index >= 15 is 0 Å². The maximum absolute atomic E-state index is 12.9. The minimum atomic E-state index is -5.12. The molecule has 1 saturated heterocycles. The molecule has 1 spiro atoms. The monoisotopic (exact) mass is 540 g/mol. The summed E-state index contributed by atoms with van der Waals surface area (Å²) in [5.41, 5.74) is 1.09. The number of para-hydroxylation sites is 2. The normalized spacial score (nSPS) is 17.9. The van der Waals surface area contributed by atoms with Gasteiger partial charge in [-0.1, -0.05) is 23.7 Å². The number of hydrogen-bond donors (Lipinski definition) is 1. The average Bonchev–Trinajstić information content (AvgIpc) is 2.84. The number of esters is 1. The molecule has 2 aliphatic heterocycles. The quantitative estimate of drug-likeness (QED) is 0.498. The van der Waals surface area contributed by atoms with Gasteiger partial charge in [-0.05, 0) is 61.6 Å². The second-order valence-electron chi connectivity index (χ2n) is 9.35. The largest absolute Gasteiger partial charge is 0.490 e. The Balaban J connectivity index is 1.39. The lowest BCUT2D eigenvalue weighted by molar-refractivity contribution is -0.207. The van der Waals surface area contributed by atoms with Crippen molar-refractivity contribution in [1.29, 1.82) is 0 Å². The third kappa shape index (κ3) is 7.07. The van der Waals surface area contributed by atoms with Gasteiger partial charge in [0.1, 0.15) is 29.8 Å². The van der Waals surface area contributed by atoms with Gasteiger partial charge >= 0.3 is 12.1 Å². The van der Waals surface area contributed by atoms with E-state index in [0.717, 1.165) is 24.2 Å². The van der Waals surface area contributed by atoms with Crippen molar-refractivity contribution >= 4 is 29.2 Å². The SMILES string of the molecule is CC(=O)Nc1ccccc1OC[C@@H](CN1CCC2(CCc3cc(Cl)ccc3O2)CC1)OC(=O)C(F)(F)F. The van der Waals surface area contributed by atoms with E-state index in [-0.39, 0.29) is 30.4 Å². The van der Waals surface area contributed by atoms with Crippen LogP contribution < -0.4 is 14.8 Å². The van der Waals surface area contributed by atoms with Gasteiger partial charge in [0.15, 0.2) is 0 Å². The van der Waals surface area contributed by atoms with Crippen LogP contribution in [0, 0.1) is 0 Å². The van der Waals surface area contributed by atoms with Gasteiger partial charge in [-0.25, -0.2) is 4.79 Å². The molecule has 0 aliphatic carbocycles. The van der Waals surface area contributed by atoms with Gasteiger partial charge in [-0.3, -0.25) is 9.69 Å². The molecule has 2 heterocycles. The number of nitrogens with zero attached hydrogens (tertiary/aromatic N) is 1. The zero-order valence-electron chi connectivity index (χ0n) is 20.3. The van der Waals surface area contributed by atoms with Crippen LogP contribution in [0.5, 0.6) is 11.5 Å². The van der Waals surface area contributed by atoms with E-state index in [4.69, 9.17) is 25.8 Å². The lowest BCUT2D eigenvalue weighted by Gasteiger charge is -2.45. The Bertz CT molecular complexity index is 1140. The number of anilines is 1. The van der Waals surface area contributed by atoms with Gasteiger partial charge in [0.25, 0.3) is 0 Å². The first-order chi connectivity index (χ1) is 17.5. The van der Waals surface area contributed by atoms with Crippen molar-refractivity contribution in [3.05, 3.63) is 53.1 Å². The minimum absolute atomic E-state index is 0.0619. The van der Waals surface area contributed by atoms with Gasteiger partial charge in [0, 0.05) is 31.6 Å². The Morgan fingerprint density at radius 2 is 1.89 bits per heavy atom. The van der Waals surface area contributed by atoms with Crippen LogP contribution in [-0.2, 0) is 20.7 Å². The number of aryl methyl sites for hydroxylation is 1. The number of piperidine rings is 1. The van der Waals surface area contributed by atoms with Crippen molar-refractivity contribution in [2.24, 2.45) is 0 Å². The number of alkyl halides is 3. The summed E-state index contributed by atoms with van der Waals surface area (Å²) >= 11 is 6.08. The van der Waals surface area contributed by atoms with Gasteiger partial charge in [-0.15, -0.1) is 0 Å². The zero-order valence-corrected chi connectivity index (χ0v) is 21.0. The van der Waals surface area contributed by atoms with Crippen LogP contribution in [0.1, 0.15) is 31.7 Å². The van der Waals surface area contributed by atoms with E-state index in [9.17, 15) is 22.8 Å². The van der Waals surface area contributed by atoms with E-state index in [2.05, 4.69) is 5.32 Å². The molecule has 1 N–H and O–H groups in total. The third-order valence-corrected chi connectivity index (χ3v) is 6.79. The molecule has 1 fully saturated rings. The van der Waals surface area contributed by atoms with Crippen LogP contribution in [0.2, 0.25) is 5.02 Å². The first kappa shape index (κ1) is 27.1. The van der Waals surface area contributed by atoms with Gasteiger partial charge in [0.05, 0.1) is 5.69 Å². The standard InChI is InChI=1S/C26H28ClF3N2O5/c1-17(33)31-21-4-2-3-5-23(21)35-16-20(36-24(34)26(28,29)30)15-32-12-10-25(11-13-32)9-8-18-14-19(27)6-7-22(18)37-25/h2-7,14,20H,8-13,15-16H2,1H3,(H,31,33)/t20-/m1/s1. The molecule has 1 atom stereocenters. The molecule has 7 nitrogen and oxygen atoms in total. The number of rotatable bonds is 7. The van der Waals surface area contributed by atoms with E-state index < -0.39 is 18.2 Å². The molecule has 0 radical (unpaired) electrons. The van der Waals surface area contributed by atoms with Crippen molar-refractivity contribution in [3.63, 3.8) is 0 Å². The van der Waals surface area contributed by atoms with Crippen molar-refractivity contribution in [3.8, 4) is 11.5 Å². The lowest BCUT2D eigenvalue weighted by Crippen LogP contribution is -2.52. The molecule has 1 amide bonds. The van der Waals surface area contributed by atoms with E-state index in [0.29, 0.717) is 36.6 Å². The summed E-state index contributed by atoms with van der Waals surface area (Å²) in [6.45, 7) is 2.20. The maximum Gasteiger partial charge on any atom is 0.490 e. The molecule has 0 saturated carbocycles. The van der Waals surface area contributed by atoms with Gasteiger partial charge in [-0.2, -0.15) is 13.2 Å². The Morgan fingerprint density at radius 1 is 1.16 bits per heavy atom. The predicted molar refractivity (Wildman–Crippen MR) is 131 cm³/mol. The van der Waals surface area contributed by atoms with Gasteiger partial charge in [0.2, 0.25) is 5.91 Å². The fraction of sp³-hybridized carbons (Fsp3) is 0.462. The second kappa shape index (κ2) is 11.2. The molecule has 2 aromatic rings. The Morgan fingerprint density at radius 3 is 2.59 bits per heavy atom. The highest BCUT2D eigenvalue weighted by atomic mass is 35.5. The molecule has 200 valence electrons. The Labute approximate surface area is 217 Å². The van der Waals surface area contributed by atoms with Crippen LogP contribution in [0.25, 0.3) is 0 Å². The maximum atomic E-state index is 12.9. The van der Waals surface area contributed by atoms with E-state index in [1.807, 2.05) is 17.0 Å². The molecule has 2 aromatic carbocycles. The molecule has 4 rings (SSSR count). The number of nitrogens with one attached hydrogen (secondary N) is 1. The Hall–Kier alpha value is -2.98. The molecule has 0 aromatic heterocycles. The average molecular weight is 541 g/mol. The summed E-state index contributed by atoms with van der Waals surface area (Å²) in [5, 5.41) is 3.26. The zero-order chi connectivity index (χ0) is 26.6. The second-order valence-corrected chi connectivity index (χ2v) is 9.79. The molecular formula is C26H28ClF3N2O5. The van der Waals surface area contributed by atoms with Crippen molar-refractivity contribution in [2.45, 2.75) is 50.5 Å². The van der Waals surface area contributed by atoms with Crippen LogP contribution >= 0.6 is 11.6 Å². The predicted octanol–water partition coefficient (Wildman–Crippen LogP) is 5.01. The molecule has 11 heteroatoms. The summed E-state index contributed by atoms with van der Waals surface area (Å²) < 4.78 is 55.7. The summed E-state index contributed by atoms with van der Waals surface area (Å²) in [6, 6.07) is 12.1. The number of fused-ring (bicyclic) bond motifs is 1. The molecule has 2 aliphatic rings. The topological polar surface area (TPSA) is 77.1 Å². The molecule has 37 heavy (non-hydrogen) atoms. The van der Waals surface area contributed by atoms with Crippen LogP contribution in [-0.4, -0.2) is 60.9 Å².